The highest BCUT2D eigenvalue weighted by molar-refractivity contribution is 7.92. The number of halogens is 1. The molecule has 28 heavy (non-hydrogen) atoms. The van der Waals surface area contributed by atoms with Crippen molar-refractivity contribution in [3.63, 3.8) is 0 Å². The molecule has 0 saturated heterocycles. The van der Waals surface area contributed by atoms with E-state index in [1.54, 1.807) is 13.0 Å². The number of benzene rings is 2. The number of hydrogen-bond acceptors (Lipinski definition) is 3. The Morgan fingerprint density at radius 3 is 2.32 bits per heavy atom. The highest BCUT2D eigenvalue weighted by Crippen LogP contribution is 2.23. The standard InChI is InChI=1S/C21H27FN2O3S/c1-13-6-7-17(10-14(13)2)11-15(3)23-21(25)16(4)18-8-9-20(19(22)12-18)24-28(5,26)27/h6-10,12,15-16,24H,11H2,1-5H3,(H,23,25). The Morgan fingerprint density at radius 2 is 1.75 bits per heavy atom. The van der Waals surface area contributed by atoms with Crippen LogP contribution in [-0.4, -0.2) is 26.6 Å². The molecule has 2 rings (SSSR count). The summed E-state index contributed by atoms with van der Waals surface area (Å²) in [4.78, 5) is 12.5. The summed E-state index contributed by atoms with van der Waals surface area (Å²) in [5, 5.41) is 2.96. The molecule has 2 aromatic carbocycles. The fourth-order valence-electron chi connectivity index (χ4n) is 2.94. The lowest BCUT2D eigenvalue weighted by Gasteiger charge is -2.19. The summed E-state index contributed by atoms with van der Waals surface area (Å²) in [7, 11) is -3.57. The minimum Gasteiger partial charge on any atom is -0.353 e. The molecule has 0 radical (unpaired) electrons. The number of hydrogen-bond donors (Lipinski definition) is 2. The number of rotatable bonds is 7. The number of carbonyl (C=O) groups is 1. The molecule has 0 fully saturated rings. The monoisotopic (exact) mass is 406 g/mol. The number of sulfonamides is 1. The first-order chi connectivity index (χ1) is 13.0. The first kappa shape index (κ1) is 21.9. The van der Waals surface area contributed by atoms with Gasteiger partial charge in [0.2, 0.25) is 15.9 Å². The van der Waals surface area contributed by atoms with E-state index >= 15 is 0 Å². The van der Waals surface area contributed by atoms with Crippen molar-refractivity contribution in [1.82, 2.24) is 5.32 Å². The predicted octanol–water partition coefficient (Wildman–Crippen LogP) is 3.66. The number of nitrogens with one attached hydrogen (secondary N) is 2. The molecular formula is C21H27FN2O3S. The van der Waals surface area contributed by atoms with Crippen molar-refractivity contribution >= 4 is 21.6 Å². The van der Waals surface area contributed by atoms with Crippen molar-refractivity contribution in [3.8, 4) is 0 Å². The predicted molar refractivity (Wildman–Crippen MR) is 111 cm³/mol. The molecule has 0 aromatic heterocycles. The van der Waals surface area contributed by atoms with Gasteiger partial charge in [0.05, 0.1) is 17.9 Å². The van der Waals surface area contributed by atoms with Crippen molar-refractivity contribution < 1.29 is 17.6 Å². The van der Waals surface area contributed by atoms with Gasteiger partial charge < -0.3 is 5.32 Å². The Balaban J connectivity index is 2.03. The van der Waals surface area contributed by atoms with E-state index in [0.29, 0.717) is 12.0 Å². The van der Waals surface area contributed by atoms with Gasteiger partial charge in [0.25, 0.3) is 0 Å². The molecule has 2 aromatic rings. The summed E-state index contributed by atoms with van der Waals surface area (Å²) < 4.78 is 38.8. The van der Waals surface area contributed by atoms with Crippen LogP contribution in [0.15, 0.2) is 36.4 Å². The second kappa shape index (κ2) is 8.73. The minimum absolute atomic E-state index is 0.0759. The van der Waals surface area contributed by atoms with Gasteiger partial charge in [-0.1, -0.05) is 24.3 Å². The van der Waals surface area contributed by atoms with Gasteiger partial charge in [-0.3, -0.25) is 9.52 Å². The van der Waals surface area contributed by atoms with Crippen molar-refractivity contribution in [2.24, 2.45) is 0 Å². The minimum atomic E-state index is -3.57. The summed E-state index contributed by atoms with van der Waals surface area (Å²) in [5.41, 5.74) is 3.92. The fourth-order valence-corrected chi connectivity index (χ4v) is 3.50. The van der Waals surface area contributed by atoms with E-state index in [4.69, 9.17) is 0 Å². The third kappa shape index (κ3) is 6.05. The van der Waals surface area contributed by atoms with E-state index in [-0.39, 0.29) is 17.6 Å². The van der Waals surface area contributed by atoms with Crippen LogP contribution in [0.3, 0.4) is 0 Å². The van der Waals surface area contributed by atoms with Gasteiger partial charge in [0, 0.05) is 6.04 Å². The topological polar surface area (TPSA) is 75.3 Å². The van der Waals surface area contributed by atoms with Gasteiger partial charge in [0.1, 0.15) is 5.82 Å². The van der Waals surface area contributed by atoms with E-state index in [0.717, 1.165) is 11.8 Å². The third-order valence-corrected chi connectivity index (χ3v) is 5.27. The number of amides is 1. The largest absolute Gasteiger partial charge is 0.353 e. The number of anilines is 1. The van der Waals surface area contributed by atoms with Crippen LogP contribution in [0.2, 0.25) is 0 Å². The molecule has 2 atom stereocenters. The number of carbonyl (C=O) groups excluding carboxylic acids is 1. The first-order valence-corrected chi connectivity index (χ1v) is 11.0. The lowest BCUT2D eigenvalue weighted by atomic mass is 9.98. The lowest BCUT2D eigenvalue weighted by Crippen LogP contribution is -2.36. The Kier molecular flexibility index (Phi) is 6.82. The highest BCUT2D eigenvalue weighted by atomic mass is 32.2. The molecule has 2 N–H and O–H groups in total. The fraction of sp³-hybridized carbons (Fsp3) is 0.381. The van der Waals surface area contributed by atoms with Gasteiger partial charge in [-0.2, -0.15) is 0 Å². The Bertz CT molecular complexity index is 974. The van der Waals surface area contributed by atoms with Crippen molar-refractivity contribution in [2.45, 2.75) is 46.1 Å². The van der Waals surface area contributed by atoms with Crippen LogP contribution in [-0.2, 0) is 21.2 Å². The smallest absolute Gasteiger partial charge is 0.229 e. The molecule has 0 bridgehead atoms. The van der Waals surface area contributed by atoms with Crippen molar-refractivity contribution in [1.29, 1.82) is 0 Å². The van der Waals surface area contributed by atoms with Crippen molar-refractivity contribution in [3.05, 3.63) is 64.5 Å². The molecule has 0 heterocycles. The Hall–Kier alpha value is -2.41. The molecule has 0 spiro atoms. The van der Waals surface area contributed by atoms with Gasteiger partial charge in [0.15, 0.2) is 0 Å². The van der Waals surface area contributed by atoms with Crippen LogP contribution in [0, 0.1) is 19.7 Å². The van der Waals surface area contributed by atoms with E-state index in [2.05, 4.69) is 42.1 Å². The number of aryl methyl sites for hydroxylation is 2. The molecule has 152 valence electrons. The van der Waals surface area contributed by atoms with Crippen LogP contribution in [0.4, 0.5) is 10.1 Å². The third-order valence-electron chi connectivity index (χ3n) is 4.68. The Labute approximate surface area is 166 Å². The zero-order chi connectivity index (χ0) is 21.1. The van der Waals surface area contributed by atoms with E-state index in [1.165, 1.54) is 23.3 Å². The molecular weight excluding hydrogens is 379 g/mol. The molecule has 0 aliphatic rings. The SMILES string of the molecule is Cc1ccc(CC(C)NC(=O)C(C)c2ccc(NS(C)(=O)=O)c(F)c2)cc1C. The van der Waals surface area contributed by atoms with Crippen LogP contribution in [0.5, 0.6) is 0 Å². The molecule has 1 amide bonds. The molecule has 2 unspecified atom stereocenters. The lowest BCUT2D eigenvalue weighted by molar-refractivity contribution is -0.122. The molecule has 0 saturated carbocycles. The van der Waals surface area contributed by atoms with Gasteiger partial charge in [-0.15, -0.1) is 0 Å². The first-order valence-electron chi connectivity index (χ1n) is 9.10. The van der Waals surface area contributed by atoms with Crippen LogP contribution < -0.4 is 10.0 Å². The Morgan fingerprint density at radius 1 is 1.07 bits per heavy atom. The average Bonchev–Trinajstić information content (AvgIpc) is 2.58. The molecule has 0 aliphatic carbocycles. The van der Waals surface area contributed by atoms with E-state index < -0.39 is 21.8 Å². The maximum absolute atomic E-state index is 14.2. The maximum atomic E-state index is 14.2. The molecule has 0 aliphatic heterocycles. The average molecular weight is 407 g/mol. The summed E-state index contributed by atoms with van der Waals surface area (Å²) in [6, 6.07) is 10.2. The van der Waals surface area contributed by atoms with E-state index in [9.17, 15) is 17.6 Å². The van der Waals surface area contributed by atoms with Crippen LogP contribution >= 0.6 is 0 Å². The molecule has 7 heteroatoms. The summed E-state index contributed by atoms with van der Waals surface area (Å²) >= 11 is 0. The molecule has 5 nitrogen and oxygen atoms in total. The quantitative estimate of drug-likeness (QED) is 0.737. The van der Waals surface area contributed by atoms with Gasteiger partial charge in [-0.25, -0.2) is 12.8 Å². The van der Waals surface area contributed by atoms with Gasteiger partial charge >= 0.3 is 0 Å². The zero-order valence-electron chi connectivity index (χ0n) is 16.8. The van der Waals surface area contributed by atoms with Crippen molar-refractivity contribution in [2.75, 3.05) is 11.0 Å². The summed E-state index contributed by atoms with van der Waals surface area (Å²) in [5.74, 6) is -1.49. The van der Waals surface area contributed by atoms with Gasteiger partial charge in [-0.05, 0) is 68.5 Å². The zero-order valence-corrected chi connectivity index (χ0v) is 17.7. The summed E-state index contributed by atoms with van der Waals surface area (Å²) in [6.07, 6.45) is 1.65. The maximum Gasteiger partial charge on any atom is 0.229 e. The second-order valence-electron chi connectivity index (χ2n) is 7.37. The van der Waals surface area contributed by atoms with Crippen LogP contribution in [0.25, 0.3) is 0 Å². The van der Waals surface area contributed by atoms with Crippen LogP contribution in [0.1, 0.15) is 42.0 Å². The second-order valence-corrected chi connectivity index (χ2v) is 9.12. The van der Waals surface area contributed by atoms with E-state index in [1.807, 2.05) is 6.92 Å². The highest BCUT2D eigenvalue weighted by Gasteiger charge is 2.19. The summed E-state index contributed by atoms with van der Waals surface area (Å²) in [6.45, 7) is 7.74. The normalized spacial score (nSPS) is 13.6.